The molecule has 0 saturated heterocycles. The number of nitrogens with one attached hydrogen (secondary N) is 2. The minimum atomic E-state index is -0.540. The number of rotatable bonds is 5. The van der Waals surface area contributed by atoms with E-state index in [4.69, 9.17) is 9.72 Å². The van der Waals surface area contributed by atoms with Crippen molar-refractivity contribution >= 4 is 33.8 Å². The molecule has 29 heavy (non-hydrogen) atoms. The molecule has 2 N–H and O–H groups in total. The summed E-state index contributed by atoms with van der Waals surface area (Å²) >= 11 is 1.58. The average Bonchev–Trinajstić information content (AvgIpc) is 3.16. The number of carbonyl (C=O) groups is 1. The van der Waals surface area contributed by atoms with Crippen LogP contribution in [0.15, 0.2) is 47.8 Å². The van der Waals surface area contributed by atoms with Gasteiger partial charge in [0.2, 0.25) is 0 Å². The Labute approximate surface area is 174 Å². The van der Waals surface area contributed by atoms with Crippen molar-refractivity contribution in [3.8, 4) is 5.75 Å². The number of likely N-dealkylation sites (N-methyl/N-ethyl adjacent to an activating group) is 1. The predicted octanol–water partition coefficient (Wildman–Crippen LogP) is 4.02. The van der Waals surface area contributed by atoms with Crippen LogP contribution in [0.5, 0.6) is 5.75 Å². The molecular formula is C22H24N4O2S. The molecule has 1 aromatic heterocycles. The van der Waals surface area contributed by atoms with Crippen LogP contribution in [0, 0.1) is 13.8 Å². The number of nitrogens with zero attached hydrogens (tertiary/aromatic N) is 2. The molecule has 0 spiro atoms. The van der Waals surface area contributed by atoms with Gasteiger partial charge in [-0.25, -0.2) is 4.98 Å². The van der Waals surface area contributed by atoms with Crippen LogP contribution in [-0.4, -0.2) is 30.6 Å². The van der Waals surface area contributed by atoms with E-state index in [9.17, 15) is 4.79 Å². The molecule has 7 heteroatoms. The van der Waals surface area contributed by atoms with Gasteiger partial charge in [-0.05, 0) is 49.2 Å². The highest BCUT2D eigenvalue weighted by atomic mass is 32.1. The Kier molecular flexibility index (Phi) is 5.40. The van der Waals surface area contributed by atoms with Crippen LogP contribution in [0.2, 0.25) is 0 Å². The summed E-state index contributed by atoms with van der Waals surface area (Å²) in [5.41, 5.74) is 5.48. The Morgan fingerprint density at radius 1 is 1.24 bits per heavy atom. The maximum absolute atomic E-state index is 12.1. The fourth-order valence-electron chi connectivity index (χ4n) is 3.33. The quantitative estimate of drug-likeness (QED) is 0.668. The number of aromatic nitrogens is 1. The van der Waals surface area contributed by atoms with Crippen molar-refractivity contribution in [3.05, 3.63) is 64.7 Å². The van der Waals surface area contributed by atoms with Crippen LogP contribution < -0.4 is 20.3 Å². The molecule has 1 aliphatic rings. The lowest BCUT2D eigenvalue weighted by molar-refractivity contribution is -0.127. The first-order chi connectivity index (χ1) is 14.0. The lowest BCUT2D eigenvalue weighted by atomic mass is 10.1. The third kappa shape index (κ3) is 4.19. The first-order valence-corrected chi connectivity index (χ1v) is 10.4. The van der Waals surface area contributed by atoms with E-state index in [0.29, 0.717) is 13.1 Å². The molecule has 2 aromatic carbocycles. The number of thiazole rings is 1. The SMILES string of the molecule is CNC(=O)[C@@H]1CN(Cc2csc(Nc3ccc(C)c(C)c3)n2)c2ccccc2O1. The topological polar surface area (TPSA) is 66.5 Å². The van der Waals surface area contributed by atoms with Gasteiger partial charge < -0.3 is 20.3 Å². The fraction of sp³-hybridized carbons (Fsp3) is 0.273. The van der Waals surface area contributed by atoms with E-state index in [1.54, 1.807) is 18.4 Å². The van der Waals surface area contributed by atoms with Crippen molar-refractivity contribution in [1.29, 1.82) is 0 Å². The summed E-state index contributed by atoms with van der Waals surface area (Å²) < 4.78 is 5.87. The molecular weight excluding hydrogens is 384 g/mol. The Bertz CT molecular complexity index is 1030. The summed E-state index contributed by atoms with van der Waals surface area (Å²) in [5, 5.41) is 8.97. The van der Waals surface area contributed by atoms with E-state index in [2.05, 4.69) is 53.0 Å². The molecule has 4 rings (SSSR count). The molecule has 1 amide bonds. The standard InChI is InChI=1S/C22H24N4O2S/c1-14-8-9-16(10-15(14)2)24-22-25-17(13-29-22)11-26-12-20(21(27)23-3)28-19-7-5-4-6-18(19)26/h4-10,13,20H,11-12H2,1-3H3,(H,23,27)(H,24,25)/t20-/m0/s1. The molecule has 6 nitrogen and oxygen atoms in total. The van der Waals surface area contributed by atoms with Gasteiger partial charge in [0.15, 0.2) is 11.2 Å². The molecule has 0 bridgehead atoms. The van der Waals surface area contributed by atoms with Crippen LogP contribution in [0.1, 0.15) is 16.8 Å². The normalized spacial score (nSPS) is 15.4. The van der Waals surface area contributed by atoms with E-state index in [1.807, 2.05) is 24.3 Å². The van der Waals surface area contributed by atoms with Crippen molar-refractivity contribution < 1.29 is 9.53 Å². The van der Waals surface area contributed by atoms with E-state index in [0.717, 1.165) is 27.9 Å². The number of fused-ring (bicyclic) bond motifs is 1. The van der Waals surface area contributed by atoms with Gasteiger partial charge >= 0.3 is 0 Å². The minimum absolute atomic E-state index is 0.125. The number of amides is 1. The van der Waals surface area contributed by atoms with Gasteiger partial charge in [-0.1, -0.05) is 18.2 Å². The van der Waals surface area contributed by atoms with Crippen molar-refractivity contribution in [2.45, 2.75) is 26.5 Å². The number of carbonyl (C=O) groups excluding carboxylic acids is 1. The summed E-state index contributed by atoms with van der Waals surface area (Å²) in [6.45, 7) is 5.30. The largest absolute Gasteiger partial charge is 0.477 e. The monoisotopic (exact) mass is 408 g/mol. The van der Waals surface area contributed by atoms with Crippen LogP contribution in [0.25, 0.3) is 0 Å². The van der Waals surface area contributed by atoms with E-state index >= 15 is 0 Å². The van der Waals surface area contributed by atoms with E-state index < -0.39 is 6.10 Å². The zero-order valence-electron chi connectivity index (χ0n) is 16.7. The maximum atomic E-state index is 12.1. The first kappa shape index (κ1) is 19.3. The zero-order chi connectivity index (χ0) is 20.4. The van der Waals surface area contributed by atoms with Gasteiger partial charge in [0.05, 0.1) is 24.5 Å². The smallest absolute Gasteiger partial charge is 0.262 e. The number of aryl methyl sites for hydroxylation is 2. The third-order valence-electron chi connectivity index (χ3n) is 5.06. The number of anilines is 3. The zero-order valence-corrected chi connectivity index (χ0v) is 17.5. The predicted molar refractivity (Wildman–Crippen MR) is 117 cm³/mol. The highest BCUT2D eigenvalue weighted by Crippen LogP contribution is 2.34. The maximum Gasteiger partial charge on any atom is 0.262 e. The van der Waals surface area contributed by atoms with Crippen LogP contribution in [0.3, 0.4) is 0 Å². The number of hydrogen-bond donors (Lipinski definition) is 2. The highest BCUT2D eigenvalue weighted by Gasteiger charge is 2.30. The second kappa shape index (κ2) is 8.13. The van der Waals surface area contributed by atoms with Gasteiger partial charge in [-0.15, -0.1) is 11.3 Å². The molecule has 2 heterocycles. The number of hydrogen-bond acceptors (Lipinski definition) is 6. The Morgan fingerprint density at radius 3 is 2.86 bits per heavy atom. The molecule has 150 valence electrons. The second-order valence-electron chi connectivity index (χ2n) is 7.14. The van der Waals surface area contributed by atoms with Crippen LogP contribution >= 0.6 is 11.3 Å². The summed E-state index contributed by atoms with van der Waals surface area (Å²) in [5.74, 6) is 0.593. The summed E-state index contributed by atoms with van der Waals surface area (Å²) in [7, 11) is 1.63. The average molecular weight is 409 g/mol. The van der Waals surface area contributed by atoms with Gasteiger partial charge in [0, 0.05) is 18.1 Å². The third-order valence-corrected chi connectivity index (χ3v) is 5.87. The minimum Gasteiger partial charge on any atom is -0.477 e. The molecule has 0 unspecified atom stereocenters. The number of benzene rings is 2. The Morgan fingerprint density at radius 2 is 2.07 bits per heavy atom. The summed E-state index contributed by atoms with van der Waals surface area (Å²) in [6, 6.07) is 14.1. The molecule has 0 radical (unpaired) electrons. The highest BCUT2D eigenvalue weighted by molar-refractivity contribution is 7.13. The number of para-hydroxylation sites is 2. The van der Waals surface area contributed by atoms with E-state index in [-0.39, 0.29) is 5.91 Å². The van der Waals surface area contributed by atoms with Crippen molar-refractivity contribution in [2.24, 2.45) is 0 Å². The molecule has 0 saturated carbocycles. The summed E-state index contributed by atoms with van der Waals surface area (Å²) in [4.78, 5) is 19.0. The number of ether oxygens (including phenoxy) is 1. The van der Waals surface area contributed by atoms with Gasteiger partial charge in [0.1, 0.15) is 5.75 Å². The molecule has 1 aliphatic heterocycles. The molecule has 0 aliphatic carbocycles. The molecule has 1 atom stereocenters. The Balaban J connectivity index is 1.51. The van der Waals surface area contributed by atoms with Crippen molar-refractivity contribution in [1.82, 2.24) is 10.3 Å². The van der Waals surface area contributed by atoms with E-state index in [1.165, 1.54) is 11.1 Å². The van der Waals surface area contributed by atoms with Crippen LogP contribution in [0.4, 0.5) is 16.5 Å². The van der Waals surface area contributed by atoms with Crippen molar-refractivity contribution in [3.63, 3.8) is 0 Å². The van der Waals surface area contributed by atoms with Gasteiger partial charge in [-0.2, -0.15) is 0 Å². The fourth-order valence-corrected chi connectivity index (χ4v) is 4.05. The lowest BCUT2D eigenvalue weighted by Gasteiger charge is -2.35. The van der Waals surface area contributed by atoms with Crippen LogP contribution in [-0.2, 0) is 11.3 Å². The summed E-state index contributed by atoms with van der Waals surface area (Å²) in [6.07, 6.45) is -0.540. The first-order valence-electron chi connectivity index (χ1n) is 9.54. The molecule has 0 fully saturated rings. The molecule has 3 aromatic rings. The Hall–Kier alpha value is -3.06. The second-order valence-corrected chi connectivity index (χ2v) is 8.00. The lowest BCUT2D eigenvalue weighted by Crippen LogP contribution is -2.47. The van der Waals surface area contributed by atoms with Gasteiger partial charge in [-0.3, -0.25) is 4.79 Å². The van der Waals surface area contributed by atoms with Gasteiger partial charge in [0.25, 0.3) is 5.91 Å². The van der Waals surface area contributed by atoms with Crippen molar-refractivity contribution in [2.75, 3.05) is 23.8 Å².